The number of likely N-dealkylation sites (N-methyl/N-ethyl adjacent to an activating group) is 1. The molecule has 0 bridgehead atoms. The van der Waals surface area contributed by atoms with Gasteiger partial charge in [-0.05, 0) is 37.6 Å². The molecule has 162 valence electrons. The average Bonchev–Trinajstić information content (AvgIpc) is 2.94. The van der Waals surface area contributed by atoms with Gasteiger partial charge in [-0.25, -0.2) is 26.5 Å². The average molecular weight is 449 g/mol. The van der Waals surface area contributed by atoms with Crippen molar-refractivity contribution in [2.24, 2.45) is 0 Å². The van der Waals surface area contributed by atoms with Crippen LogP contribution in [-0.4, -0.2) is 38.2 Å². The van der Waals surface area contributed by atoms with Crippen LogP contribution in [0.3, 0.4) is 0 Å². The number of sulfonamides is 1. The van der Waals surface area contributed by atoms with Crippen LogP contribution in [0.4, 0.5) is 33.5 Å². The normalized spacial score (nSPS) is 18.5. The number of hydrogen-bond donors (Lipinski definition) is 0. The first-order chi connectivity index (χ1) is 13.8. The van der Waals surface area contributed by atoms with E-state index in [2.05, 4.69) is 4.98 Å². The molecule has 1 aliphatic heterocycles. The molecule has 1 aromatic carbocycles. The van der Waals surface area contributed by atoms with Crippen LogP contribution in [0.5, 0.6) is 0 Å². The number of benzene rings is 1. The highest BCUT2D eigenvalue weighted by Crippen LogP contribution is 2.35. The summed E-state index contributed by atoms with van der Waals surface area (Å²) in [4.78, 5) is 17.4. The molecule has 0 N–H and O–H groups in total. The number of aryl methyl sites for hydroxylation is 1. The molecule has 1 fully saturated rings. The van der Waals surface area contributed by atoms with Gasteiger partial charge in [-0.1, -0.05) is 6.07 Å². The van der Waals surface area contributed by atoms with E-state index in [9.17, 15) is 35.2 Å². The maximum Gasteiger partial charge on any atom is 0.416 e. The predicted molar refractivity (Wildman–Crippen MR) is 98.4 cm³/mol. The van der Waals surface area contributed by atoms with E-state index in [1.165, 1.54) is 6.92 Å². The number of pyridine rings is 1. The molecule has 0 saturated carbocycles. The fourth-order valence-electron chi connectivity index (χ4n) is 3.27. The number of rotatable bonds is 3. The van der Waals surface area contributed by atoms with Gasteiger partial charge in [0, 0.05) is 12.7 Å². The molecule has 0 radical (unpaired) electrons. The Morgan fingerprint density at radius 1 is 1.20 bits per heavy atom. The molecule has 0 spiro atoms. The highest BCUT2D eigenvalue weighted by Gasteiger charge is 2.45. The Hall–Kier alpha value is -2.76. The molecule has 1 aliphatic rings. The minimum absolute atomic E-state index is 0.110. The van der Waals surface area contributed by atoms with Gasteiger partial charge in [0.2, 0.25) is 10.0 Å². The lowest BCUT2D eigenvalue weighted by molar-refractivity contribution is -0.137. The molecule has 0 aliphatic carbocycles. The summed E-state index contributed by atoms with van der Waals surface area (Å²) in [5, 5.41) is 0. The second-order valence-corrected chi connectivity index (χ2v) is 8.70. The van der Waals surface area contributed by atoms with Crippen molar-refractivity contribution < 1.29 is 35.2 Å². The Morgan fingerprint density at radius 3 is 2.37 bits per heavy atom. The summed E-state index contributed by atoms with van der Waals surface area (Å²) in [7, 11) is -3.13. The van der Waals surface area contributed by atoms with E-state index in [-0.39, 0.29) is 12.1 Å². The van der Waals surface area contributed by atoms with E-state index >= 15 is 0 Å². The standard InChI is InChI=1S/C18H16F5N3O3S/c1-10-8-11(18(21,22)23)9-15(24-10)26-14(6-7-30(26,28)29)17(27)25(2)16-12(19)4-3-5-13(16)20/h3-5,8-9,14H,6-7H2,1-2H3/t14-/m0/s1. The number of para-hydroxylation sites is 1. The third-order valence-corrected chi connectivity index (χ3v) is 6.41. The number of nitrogens with zero attached hydrogens (tertiary/aromatic N) is 3. The fraction of sp³-hybridized carbons (Fsp3) is 0.333. The molecular formula is C18H16F5N3O3S. The molecule has 2 heterocycles. The second kappa shape index (κ2) is 7.49. The first-order valence-electron chi connectivity index (χ1n) is 8.62. The van der Waals surface area contributed by atoms with Crippen molar-refractivity contribution in [3.05, 3.63) is 53.2 Å². The molecule has 30 heavy (non-hydrogen) atoms. The van der Waals surface area contributed by atoms with Crippen molar-refractivity contribution in [3.8, 4) is 0 Å². The van der Waals surface area contributed by atoms with Gasteiger partial charge in [0.15, 0.2) is 0 Å². The Labute approximate surface area is 169 Å². The van der Waals surface area contributed by atoms with Crippen LogP contribution < -0.4 is 9.21 Å². The third-order valence-electron chi connectivity index (χ3n) is 4.61. The molecule has 1 atom stereocenters. The Morgan fingerprint density at radius 2 is 1.80 bits per heavy atom. The van der Waals surface area contributed by atoms with Crippen LogP contribution in [0.15, 0.2) is 30.3 Å². The summed E-state index contributed by atoms with van der Waals surface area (Å²) in [6, 6.07) is 2.69. The SMILES string of the molecule is Cc1cc(C(F)(F)F)cc(N2[C@H](C(=O)N(C)c3c(F)cccc3F)CCS2(=O)=O)n1. The first-order valence-corrected chi connectivity index (χ1v) is 10.2. The first kappa shape index (κ1) is 21.9. The molecule has 1 amide bonds. The number of hydrogen-bond acceptors (Lipinski definition) is 4. The summed E-state index contributed by atoms with van der Waals surface area (Å²) in [5.74, 6) is -4.22. The largest absolute Gasteiger partial charge is 0.416 e. The van der Waals surface area contributed by atoms with Gasteiger partial charge >= 0.3 is 6.18 Å². The van der Waals surface area contributed by atoms with Crippen LogP contribution in [0.1, 0.15) is 17.7 Å². The van der Waals surface area contributed by atoms with Gasteiger partial charge in [-0.2, -0.15) is 13.2 Å². The summed E-state index contributed by atoms with van der Waals surface area (Å²) < 4.78 is 93.2. The lowest BCUT2D eigenvalue weighted by Gasteiger charge is -2.28. The van der Waals surface area contributed by atoms with Gasteiger partial charge in [0.05, 0.1) is 11.3 Å². The van der Waals surface area contributed by atoms with Crippen molar-refractivity contribution >= 4 is 27.4 Å². The topological polar surface area (TPSA) is 70.6 Å². The van der Waals surface area contributed by atoms with Crippen molar-refractivity contribution in [1.82, 2.24) is 4.98 Å². The highest BCUT2D eigenvalue weighted by molar-refractivity contribution is 7.93. The maximum absolute atomic E-state index is 14.1. The summed E-state index contributed by atoms with van der Waals surface area (Å²) >= 11 is 0. The van der Waals surface area contributed by atoms with E-state index in [1.54, 1.807) is 0 Å². The number of alkyl halides is 3. The van der Waals surface area contributed by atoms with Gasteiger partial charge < -0.3 is 4.90 Å². The second-order valence-electron chi connectivity index (χ2n) is 6.74. The quantitative estimate of drug-likeness (QED) is 0.675. The van der Waals surface area contributed by atoms with Crippen LogP contribution in [0, 0.1) is 18.6 Å². The zero-order valence-electron chi connectivity index (χ0n) is 15.7. The van der Waals surface area contributed by atoms with Crippen LogP contribution in [0.2, 0.25) is 0 Å². The fourth-order valence-corrected chi connectivity index (χ4v) is 4.95. The van der Waals surface area contributed by atoms with Gasteiger partial charge in [-0.15, -0.1) is 0 Å². The highest BCUT2D eigenvalue weighted by atomic mass is 32.2. The smallest absolute Gasteiger partial charge is 0.309 e. The Bertz CT molecular complexity index is 1080. The van der Waals surface area contributed by atoms with E-state index in [4.69, 9.17) is 0 Å². The Kier molecular flexibility index (Phi) is 5.48. The summed E-state index contributed by atoms with van der Waals surface area (Å²) in [6.07, 6.45) is -5.04. The van der Waals surface area contributed by atoms with Crippen molar-refractivity contribution in [2.75, 3.05) is 22.0 Å². The minimum Gasteiger partial charge on any atom is -0.309 e. The Balaban J connectivity index is 2.06. The van der Waals surface area contributed by atoms with Crippen LogP contribution in [-0.2, 0) is 21.0 Å². The molecule has 3 rings (SSSR count). The van der Waals surface area contributed by atoms with Crippen molar-refractivity contribution in [1.29, 1.82) is 0 Å². The molecule has 2 aromatic rings. The number of amides is 1. The molecular weight excluding hydrogens is 433 g/mol. The zero-order chi connectivity index (χ0) is 22.4. The van der Waals surface area contributed by atoms with E-state index in [0.29, 0.717) is 15.3 Å². The van der Waals surface area contributed by atoms with Crippen LogP contribution in [0.25, 0.3) is 0 Å². The van der Waals surface area contributed by atoms with E-state index < -0.39 is 62.6 Å². The molecule has 6 nitrogen and oxygen atoms in total. The van der Waals surface area contributed by atoms with Gasteiger partial charge in [-0.3, -0.25) is 4.79 Å². The summed E-state index contributed by atoms with van der Waals surface area (Å²) in [6.45, 7) is 1.25. The van der Waals surface area contributed by atoms with Crippen LogP contribution >= 0.6 is 0 Å². The molecule has 0 unspecified atom stereocenters. The maximum atomic E-state index is 14.1. The molecule has 1 saturated heterocycles. The van der Waals surface area contributed by atoms with Crippen molar-refractivity contribution in [2.45, 2.75) is 25.6 Å². The lowest BCUT2D eigenvalue weighted by atomic mass is 10.1. The van der Waals surface area contributed by atoms with Gasteiger partial charge in [0.25, 0.3) is 5.91 Å². The molecule has 1 aromatic heterocycles. The molecule has 12 heteroatoms. The predicted octanol–water partition coefficient (Wildman–Crippen LogP) is 3.26. The number of carbonyl (C=O) groups excluding carboxylic acids is 1. The lowest BCUT2D eigenvalue weighted by Crippen LogP contribution is -2.46. The zero-order valence-corrected chi connectivity index (χ0v) is 16.6. The number of halogens is 5. The van der Waals surface area contributed by atoms with Crippen molar-refractivity contribution in [3.63, 3.8) is 0 Å². The third kappa shape index (κ3) is 3.95. The number of anilines is 2. The van der Waals surface area contributed by atoms with Gasteiger partial charge in [0.1, 0.15) is 29.2 Å². The van der Waals surface area contributed by atoms with E-state index in [1.807, 2.05) is 0 Å². The number of aromatic nitrogens is 1. The summed E-state index contributed by atoms with van der Waals surface area (Å²) in [5.41, 5.74) is -1.94. The van der Waals surface area contributed by atoms with E-state index in [0.717, 1.165) is 31.3 Å². The minimum atomic E-state index is -4.77. The number of carbonyl (C=O) groups is 1. The monoisotopic (exact) mass is 449 g/mol.